The fourth-order valence-electron chi connectivity index (χ4n) is 1.38. The largest absolute Gasteiger partial charge is 0.464 e. The van der Waals surface area contributed by atoms with Gasteiger partial charge in [-0.3, -0.25) is 0 Å². The summed E-state index contributed by atoms with van der Waals surface area (Å²) in [5.74, 6) is -0.397. The van der Waals surface area contributed by atoms with Crippen LogP contribution in [0.3, 0.4) is 0 Å². The van der Waals surface area contributed by atoms with Crippen molar-refractivity contribution in [1.29, 1.82) is 0 Å². The van der Waals surface area contributed by atoms with Gasteiger partial charge >= 0.3 is 5.97 Å². The second-order valence-electron chi connectivity index (χ2n) is 4.16. The molecule has 19 heavy (non-hydrogen) atoms. The van der Waals surface area contributed by atoms with Gasteiger partial charge in [-0.1, -0.05) is 0 Å². The summed E-state index contributed by atoms with van der Waals surface area (Å²) in [5, 5.41) is 2.99. The molecule has 2 N–H and O–H groups in total. The second-order valence-corrected chi connectivity index (χ2v) is 6.47. The lowest BCUT2D eigenvalue weighted by atomic mass is 10.4. The first-order valence-corrected chi connectivity index (χ1v) is 7.35. The summed E-state index contributed by atoms with van der Waals surface area (Å²) in [4.78, 5) is 14.1. The number of H-pyrrole nitrogens is 1. The van der Waals surface area contributed by atoms with E-state index in [9.17, 15) is 13.2 Å². The van der Waals surface area contributed by atoms with Gasteiger partial charge in [-0.2, -0.15) is 0 Å². The number of nitrogens with zero attached hydrogens (tertiary/aromatic N) is 1. The van der Waals surface area contributed by atoms with Gasteiger partial charge in [0.1, 0.15) is 5.69 Å². The van der Waals surface area contributed by atoms with Crippen LogP contribution in [0.15, 0.2) is 12.1 Å². The molecule has 0 aliphatic carbocycles. The van der Waals surface area contributed by atoms with Crippen LogP contribution in [0.4, 0.5) is 0 Å². The number of hydrogen-bond acceptors (Lipinski definition) is 5. The van der Waals surface area contributed by atoms with Gasteiger partial charge in [-0.15, -0.1) is 0 Å². The number of aromatic amines is 1. The van der Waals surface area contributed by atoms with Crippen molar-refractivity contribution in [1.82, 2.24) is 14.6 Å². The van der Waals surface area contributed by atoms with E-state index in [2.05, 4.69) is 15.0 Å². The van der Waals surface area contributed by atoms with Gasteiger partial charge in [0.15, 0.2) is 0 Å². The lowest BCUT2D eigenvalue weighted by molar-refractivity contribution is 0.0594. The molecule has 0 saturated heterocycles. The maximum atomic E-state index is 11.5. The SMILES string of the molecule is COC(=O)c1ccc(CNCCS(=O)(=O)N(C)C)[nH]1. The quantitative estimate of drug-likeness (QED) is 0.535. The highest BCUT2D eigenvalue weighted by atomic mass is 32.2. The minimum atomic E-state index is -3.18. The number of aromatic nitrogens is 1. The molecule has 0 aromatic carbocycles. The van der Waals surface area contributed by atoms with Crippen molar-refractivity contribution >= 4 is 16.0 Å². The van der Waals surface area contributed by atoms with Crippen molar-refractivity contribution in [3.05, 3.63) is 23.5 Å². The third-order valence-electron chi connectivity index (χ3n) is 2.56. The number of ether oxygens (including phenoxy) is 1. The highest BCUT2D eigenvalue weighted by Crippen LogP contribution is 2.03. The first-order chi connectivity index (χ1) is 8.86. The molecule has 8 heteroatoms. The Morgan fingerprint density at radius 3 is 2.68 bits per heavy atom. The van der Waals surface area contributed by atoms with Crippen molar-refractivity contribution in [3.63, 3.8) is 0 Å². The average molecular weight is 289 g/mol. The summed E-state index contributed by atoms with van der Waals surface area (Å²) in [5.41, 5.74) is 1.17. The molecule has 0 spiro atoms. The van der Waals surface area contributed by atoms with Crippen LogP contribution in [-0.2, 0) is 21.3 Å². The van der Waals surface area contributed by atoms with E-state index in [4.69, 9.17) is 0 Å². The highest BCUT2D eigenvalue weighted by molar-refractivity contribution is 7.89. The van der Waals surface area contributed by atoms with Crippen molar-refractivity contribution in [2.75, 3.05) is 33.5 Å². The molecule has 0 amide bonds. The van der Waals surface area contributed by atoms with Crippen LogP contribution < -0.4 is 5.32 Å². The van der Waals surface area contributed by atoms with E-state index in [0.29, 0.717) is 18.8 Å². The van der Waals surface area contributed by atoms with E-state index in [1.54, 1.807) is 12.1 Å². The van der Waals surface area contributed by atoms with E-state index in [1.807, 2.05) is 0 Å². The summed E-state index contributed by atoms with van der Waals surface area (Å²) in [6, 6.07) is 3.37. The van der Waals surface area contributed by atoms with Gasteiger partial charge in [0.2, 0.25) is 10.0 Å². The van der Waals surface area contributed by atoms with Crippen LogP contribution in [0.1, 0.15) is 16.2 Å². The molecule has 0 aliphatic rings. The zero-order valence-electron chi connectivity index (χ0n) is 11.3. The van der Waals surface area contributed by atoms with Crippen LogP contribution in [-0.4, -0.2) is 57.2 Å². The molecule has 0 radical (unpaired) electrons. The predicted molar refractivity (Wildman–Crippen MR) is 71.3 cm³/mol. The maximum Gasteiger partial charge on any atom is 0.354 e. The first-order valence-electron chi connectivity index (χ1n) is 5.74. The van der Waals surface area contributed by atoms with Crippen LogP contribution in [0.2, 0.25) is 0 Å². The van der Waals surface area contributed by atoms with E-state index in [1.165, 1.54) is 25.5 Å². The monoisotopic (exact) mass is 289 g/mol. The standard InChI is InChI=1S/C11H19N3O4S/c1-14(2)19(16,17)7-6-12-8-9-4-5-10(13-9)11(15)18-3/h4-5,12-13H,6-8H2,1-3H3. The number of esters is 1. The lowest BCUT2D eigenvalue weighted by Crippen LogP contribution is -2.31. The number of rotatable bonds is 7. The summed E-state index contributed by atoms with van der Waals surface area (Å²) in [6.07, 6.45) is 0. The molecular weight excluding hydrogens is 270 g/mol. The zero-order valence-corrected chi connectivity index (χ0v) is 12.1. The number of carbonyl (C=O) groups excluding carboxylic acids is 1. The van der Waals surface area contributed by atoms with E-state index in [-0.39, 0.29) is 5.75 Å². The maximum absolute atomic E-state index is 11.5. The molecule has 0 aliphatic heterocycles. The van der Waals surface area contributed by atoms with Gasteiger partial charge in [-0.05, 0) is 12.1 Å². The molecule has 1 rings (SSSR count). The molecule has 108 valence electrons. The van der Waals surface area contributed by atoms with Gasteiger partial charge in [-0.25, -0.2) is 17.5 Å². The van der Waals surface area contributed by atoms with E-state index >= 15 is 0 Å². The molecule has 1 aromatic rings. The summed E-state index contributed by atoms with van der Waals surface area (Å²) in [6.45, 7) is 0.799. The van der Waals surface area contributed by atoms with Crippen molar-refractivity contribution in [3.8, 4) is 0 Å². The second kappa shape index (κ2) is 6.69. The van der Waals surface area contributed by atoms with E-state index in [0.717, 1.165) is 5.69 Å². The first kappa shape index (κ1) is 15.7. The highest BCUT2D eigenvalue weighted by Gasteiger charge is 2.12. The average Bonchev–Trinajstić information content (AvgIpc) is 2.82. The number of nitrogens with one attached hydrogen (secondary N) is 2. The minimum absolute atomic E-state index is 0.0323. The van der Waals surface area contributed by atoms with Gasteiger partial charge < -0.3 is 15.0 Å². The minimum Gasteiger partial charge on any atom is -0.464 e. The number of hydrogen-bond donors (Lipinski definition) is 2. The van der Waals surface area contributed by atoms with Gasteiger partial charge in [0.05, 0.1) is 12.9 Å². The van der Waals surface area contributed by atoms with Gasteiger partial charge in [0.25, 0.3) is 0 Å². The predicted octanol–water partition coefficient (Wildman–Crippen LogP) is -0.218. The summed E-state index contributed by atoms with van der Waals surface area (Å²) >= 11 is 0. The molecule has 1 aromatic heterocycles. The zero-order chi connectivity index (χ0) is 14.5. The van der Waals surface area contributed by atoms with Crippen LogP contribution in [0.25, 0.3) is 0 Å². The van der Waals surface area contributed by atoms with Crippen molar-refractivity contribution < 1.29 is 17.9 Å². The Morgan fingerprint density at radius 2 is 2.11 bits per heavy atom. The Hall–Kier alpha value is -1.38. The fourth-order valence-corrected chi connectivity index (χ4v) is 2.15. The Morgan fingerprint density at radius 1 is 1.42 bits per heavy atom. The van der Waals surface area contributed by atoms with Crippen molar-refractivity contribution in [2.24, 2.45) is 0 Å². The Bertz CT molecular complexity index is 522. The van der Waals surface area contributed by atoms with Crippen LogP contribution >= 0.6 is 0 Å². The van der Waals surface area contributed by atoms with E-state index < -0.39 is 16.0 Å². The smallest absolute Gasteiger partial charge is 0.354 e. The molecule has 1 heterocycles. The van der Waals surface area contributed by atoms with Crippen LogP contribution in [0.5, 0.6) is 0 Å². The molecule has 7 nitrogen and oxygen atoms in total. The Kier molecular flexibility index (Phi) is 5.52. The molecule has 0 atom stereocenters. The van der Waals surface area contributed by atoms with Gasteiger partial charge in [0, 0.05) is 32.9 Å². The molecular formula is C11H19N3O4S. The summed E-state index contributed by atoms with van der Waals surface area (Å²) < 4.78 is 28.7. The number of methoxy groups -OCH3 is 1. The fraction of sp³-hybridized carbons (Fsp3) is 0.545. The number of sulfonamides is 1. The van der Waals surface area contributed by atoms with Crippen molar-refractivity contribution in [2.45, 2.75) is 6.54 Å². The number of carbonyl (C=O) groups is 1. The third-order valence-corrected chi connectivity index (χ3v) is 4.39. The summed E-state index contributed by atoms with van der Waals surface area (Å²) in [7, 11) is 1.14. The molecule has 0 unspecified atom stereocenters. The molecule has 0 saturated carbocycles. The third kappa shape index (κ3) is 4.66. The van der Waals surface area contributed by atoms with Crippen LogP contribution in [0, 0.1) is 0 Å². The normalized spacial score (nSPS) is 11.8. The lowest BCUT2D eigenvalue weighted by Gasteiger charge is -2.11. The topological polar surface area (TPSA) is 91.5 Å². The Labute approximate surface area is 113 Å². The molecule has 0 fully saturated rings. The molecule has 0 bridgehead atoms. The Balaban J connectivity index is 2.38.